The number of rotatable bonds is 6. The van der Waals surface area contributed by atoms with Crippen LogP contribution in [0, 0.1) is 0 Å². The normalized spacial score (nSPS) is 10.5. The molecule has 106 valence electrons. The average molecular weight is 285 g/mol. The van der Waals surface area contributed by atoms with Crippen LogP contribution in [0.25, 0.3) is 0 Å². The lowest BCUT2D eigenvalue weighted by Crippen LogP contribution is -2.45. The number of nitrogens with one attached hydrogen (secondary N) is 1. The van der Waals surface area contributed by atoms with E-state index in [9.17, 15) is 9.59 Å². The molecule has 0 fully saturated rings. The van der Waals surface area contributed by atoms with Gasteiger partial charge in [-0.05, 0) is 13.8 Å². The smallest absolute Gasteiger partial charge is 0.220 e. The van der Waals surface area contributed by atoms with Crippen molar-refractivity contribution in [1.29, 1.82) is 0 Å². The molecular weight excluding hydrogens is 264 g/mol. The van der Waals surface area contributed by atoms with Crippen LogP contribution >= 0.6 is 12.4 Å². The summed E-state index contributed by atoms with van der Waals surface area (Å²) in [5, 5.41) is 2.71. The molecule has 0 spiro atoms. The minimum Gasteiger partial charge on any atom is -0.354 e. The van der Waals surface area contributed by atoms with E-state index in [1.54, 1.807) is 12.1 Å². The van der Waals surface area contributed by atoms with E-state index < -0.39 is 5.54 Å². The van der Waals surface area contributed by atoms with E-state index in [2.05, 4.69) is 5.32 Å². The van der Waals surface area contributed by atoms with Gasteiger partial charge >= 0.3 is 0 Å². The molecule has 5 heteroatoms. The summed E-state index contributed by atoms with van der Waals surface area (Å²) in [6, 6.07) is 8.98. The van der Waals surface area contributed by atoms with Gasteiger partial charge in [0.25, 0.3) is 0 Å². The fourth-order valence-electron chi connectivity index (χ4n) is 1.41. The second-order valence-corrected chi connectivity index (χ2v) is 5.05. The standard InChI is InChI=1S/C14H20N2O2.ClH/c1-14(2,15)10-16-13(18)9-8-12(17)11-6-4-3-5-7-11;/h3-7H,8-10,15H2,1-2H3,(H,16,18);1H. The van der Waals surface area contributed by atoms with E-state index in [4.69, 9.17) is 5.73 Å². The third-order valence-corrected chi connectivity index (χ3v) is 2.42. The third kappa shape index (κ3) is 7.59. The Morgan fingerprint density at radius 1 is 1.16 bits per heavy atom. The number of ketones is 1. The zero-order valence-corrected chi connectivity index (χ0v) is 12.1. The van der Waals surface area contributed by atoms with Crippen LogP contribution in [-0.4, -0.2) is 23.8 Å². The average Bonchev–Trinajstić information content (AvgIpc) is 2.33. The Hall–Kier alpha value is -1.39. The molecule has 4 nitrogen and oxygen atoms in total. The molecule has 1 aromatic rings. The van der Waals surface area contributed by atoms with Crippen molar-refractivity contribution < 1.29 is 9.59 Å². The molecule has 3 N–H and O–H groups in total. The number of nitrogens with two attached hydrogens (primary N) is 1. The number of benzene rings is 1. The van der Waals surface area contributed by atoms with Crippen LogP contribution in [0.15, 0.2) is 30.3 Å². The van der Waals surface area contributed by atoms with Gasteiger partial charge in [-0.1, -0.05) is 30.3 Å². The lowest BCUT2D eigenvalue weighted by Gasteiger charge is -2.18. The van der Waals surface area contributed by atoms with E-state index in [1.807, 2.05) is 32.0 Å². The first-order valence-electron chi connectivity index (χ1n) is 6.02. The number of amides is 1. The summed E-state index contributed by atoms with van der Waals surface area (Å²) in [5.41, 5.74) is 5.96. The molecule has 0 unspecified atom stereocenters. The van der Waals surface area contributed by atoms with Crippen molar-refractivity contribution in [2.24, 2.45) is 5.73 Å². The molecule has 1 aromatic carbocycles. The maximum absolute atomic E-state index is 11.7. The molecule has 0 heterocycles. The minimum atomic E-state index is -0.431. The fourth-order valence-corrected chi connectivity index (χ4v) is 1.41. The summed E-state index contributed by atoms with van der Waals surface area (Å²) in [5.74, 6) is -0.157. The number of Topliss-reactive ketones (excluding diaryl/α,β-unsaturated/α-hetero) is 1. The van der Waals surface area contributed by atoms with E-state index in [0.29, 0.717) is 12.1 Å². The van der Waals surface area contributed by atoms with Gasteiger partial charge in [0.2, 0.25) is 5.91 Å². The van der Waals surface area contributed by atoms with Crippen LogP contribution in [0.4, 0.5) is 0 Å². The van der Waals surface area contributed by atoms with Crippen LogP contribution in [0.5, 0.6) is 0 Å². The highest BCUT2D eigenvalue weighted by molar-refractivity contribution is 5.97. The maximum atomic E-state index is 11.7. The van der Waals surface area contributed by atoms with Gasteiger partial charge in [-0.3, -0.25) is 9.59 Å². The quantitative estimate of drug-likeness (QED) is 0.784. The second-order valence-electron chi connectivity index (χ2n) is 5.05. The largest absolute Gasteiger partial charge is 0.354 e. The van der Waals surface area contributed by atoms with Crippen molar-refractivity contribution in [3.63, 3.8) is 0 Å². The molecule has 0 atom stereocenters. The SMILES string of the molecule is CC(C)(N)CNC(=O)CCC(=O)c1ccccc1.Cl. The van der Waals surface area contributed by atoms with E-state index in [0.717, 1.165) is 0 Å². The van der Waals surface area contributed by atoms with Crippen molar-refractivity contribution in [3.8, 4) is 0 Å². The Bertz CT molecular complexity index is 413. The highest BCUT2D eigenvalue weighted by Gasteiger charge is 2.13. The van der Waals surface area contributed by atoms with Gasteiger partial charge < -0.3 is 11.1 Å². The Labute approximate surface area is 120 Å². The summed E-state index contributed by atoms with van der Waals surface area (Å²) >= 11 is 0. The summed E-state index contributed by atoms with van der Waals surface area (Å²) in [6.07, 6.45) is 0.421. The topological polar surface area (TPSA) is 72.2 Å². The van der Waals surface area contributed by atoms with Crippen molar-refractivity contribution in [2.75, 3.05) is 6.54 Å². The molecule has 0 saturated carbocycles. The fraction of sp³-hybridized carbons (Fsp3) is 0.429. The van der Waals surface area contributed by atoms with Crippen LogP contribution in [0.1, 0.15) is 37.0 Å². The van der Waals surface area contributed by atoms with E-state index in [-0.39, 0.29) is 36.9 Å². The molecular formula is C14H21ClN2O2. The number of carbonyl (C=O) groups excluding carboxylic acids is 2. The number of carbonyl (C=O) groups is 2. The monoisotopic (exact) mass is 284 g/mol. The molecule has 0 aromatic heterocycles. The van der Waals surface area contributed by atoms with Gasteiger partial charge in [0.15, 0.2) is 5.78 Å². The molecule has 0 aliphatic carbocycles. The molecule has 0 aliphatic heterocycles. The Balaban J connectivity index is 0.00000324. The van der Waals surface area contributed by atoms with Gasteiger partial charge in [0.05, 0.1) is 0 Å². The van der Waals surface area contributed by atoms with Gasteiger partial charge in [-0.25, -0.2) is 0 Å². The summed E-state index contributed by atoms with van der Waals surface area (Å²) in [6.45, 7) is 4.08. The van der Waals surface area contributed by atoms with Gasteiger partial charge in [0, 0.05) is 30.5 Å². The van der Waals surface area contributed by atoms with Gasteiger partial charge in [0.1, 0.15) is 0 Å². The third-order valence-electron chi connectivity index (χ3n) is 2.42. The lowest BCUT2D eigenvalue weighted by atomic mass is 10.1. The molecule has 0 saturated heterocycles. The van der Waals surface area contributed by atoms with Crippen molar-refractivity contribution >= 4 is 24.1 Å². The first-order valence-corrected chi connectivity index (χ1v) is 6.02. The number of halogens is 1. The van der Waals surface area contributed by atoms with Crippen molar-refractivity contribution in [1.82, 2.24) is 5.32 Å². The van der Waals surface area contributed by atoms with Crippen molar-refractivity contribution in [2.45, 2.75) is 32.2 Å². The zero-order valence-electron chi connectivity index (χ0n) is 11.3. The Morgan fingerprint density at radius 2 is 1.74 bits per heavy atom. The predicted octanol–water partition coefficient (Wildman–Crippen LogP) is 1.92. The Morgan fingerprint density at radius 3 is 2.26 bits per heavy atom. The van der Waals surface area contributed by atoms with Crippen LogP contribution in [0.3, 0.4) is 0 Å². The van der Waals surface area contributed by atoms with E-state index in [1.165, 1.54) is 0 Å². The predicted molar refractivity (Wildman–Crippen MR) is 78.5 cm³/mol. The Kier molecular flexibility index (Phi) is 7.34. The summed E-state index contributed by atoms with van der Waals surface area (Å²) in [7, 11) is 0. The zero-order chi connectivity index (χ0) is 13.6. The molecule has 1 amide bonds. The lowest BCUT2D eigenvalue weighted by molar-refractivity contribution is -0.121. The molecule has 0 radical (unpaired) electrons. The molecule has 0 bridgehead atoms. The number of hydrogen-bond donors (Lipinski definition) is 2. The van der Waals surface area contributed by atoms with Crippen LogP contribution in [-0.2, 0) is 4.79 Å². The summed E-state index contributed by atoms with van der Waals surface area (Å²) in [4.78, 5) is 23.3. The first kappa shape index (κ1) is 17.6. The summed E-state index contributed by atoms with van der Waals surface area (Å²) < 4.78 is 0. The van der Waals surface area contributed by atoms with Crippen LogP contribution < -0.4 is 11.1 Å². The highest BCUT2D eigenvalue weighted by Crippen LogP contribution is 2.05. The minimum absolute atomic E-state index is 0. The number of hydrogen-bond acceptors (Lipinski definition) is 3. The maximum Gasteiger partial charge on any atom is 0.220 e. The first-order chi connectivity index (χ1) is 8.38. The molecule has 19 heavy (non-hydrogen) atoms. The van der Waals surface area contributed by atoms with Crippen LogP contribution in [0.2, 0.25) is 0 Å². The van der Waals surface area contributed by atoms with E-state index >= 15 is 0 Å². The van der Waals surface area contributed by atoms with Crippen molar-refractivity contribution in [3.05, 3.63) is 35.9 Å². The second kappa shape index (κ2) is 7.92. The molecule has 0 aliphatic rings. The highest BCUT2D eigenvalue weighted by atomic mass is 35.5. The molecule has 1 rings (SSSR count). The van der Waals surface area contributed by atoms with Gasteiger partial charge in [-0.2, -0.15) is 0 Å². The van der Waals surface area contributed by atoms with Gasteiger partial charge in [-0.15, -0.1) is 12.4 Å².